The number of carbonyl (C=O) groups is 2. The third-order valence-electron chi connectivity index (χ3n) is 5.50. The number of piperazine rings is 1. The second-order valence-corrected chi connectivity index (χ2v) is 7.95. The smallest absolute Gasteiger partial charge is 0.255 e. The van der Waals surface area contributed by atoms with Crippen molar-refractivity contribution in [2.45, 2.75) is 13.0 Å². The number of ether oxygens (including phenoxy) is 2. The summed E-state index contributed by atoms with van der Waals surface area (Å²) in [6.45, 7) is 1.86. The Morgan fingerprint density at radius 2 is 1.59 bits per heavy atom. The summed E-state index contributed by atoms with van der Waals surface area (Å²) < 4.78 is 10.8. The molecule has 1 aliphatic heterocycles. The summed E-state index contributed by atoms with van der Waals surface area (Å²) in [4.78, 5) is 30.3. The third kappa shape index (κ3) is 4.01. The van der Waals surface area contributed by atoms with Gasteiger partial charge < -0.3 is 9.47 Å². The van der Waals surface area contributed by atoms with Gasteiger partial charge in [-0.1, -0.05) is 41.4 Å². The number of nitrogens with zero attached hydrogens (tertiary/aromatic N) is 2. The van der Waals surface area contributed by atoms with Gasteiger partial charge in [0.2, 0.25) is 5.91 Å². The first-order chi connectivity index (χ1) is 15.4. The fourth-order valence-corrected chi connectivity index (χ4v) is 3.96. The molecule has 0 unspecified atom stereocenters. The van der Waals surface area contributed by atoms with Crippen LogP contribution in [0.25, 0.3) is 0 Å². The highest BCUT2D eigenvalue weighted by Crippen LogP contribution is 2.39. The molecule has 1 atom stereocenters. The number of hydrogen-bond acceptors (Lipinski definition) is 4. The maximum absolute atomic E-state index is 13.8. The number of halogens is 1. The average Bonchev–Trinajstić information content (AvgIpc) is 2.81. The zero-order valence-corrected chi connectivity index (χ0v) is 18.8. The Morgan fingerprint density at radius 1 is 0.906 bits per heavy atom. The fourth-order valence-electron chi connectivity index (χ4n) is 3.84. The monoisotopic (exact) mass is 450 g/mol. The van der Waals surface area contributed by atoms with E-state index in [1.165, 1.54) is 16.9 Å². The van der Waals surface area contributed by atoms with E-state index >= 15 is 0 Å². The van der Waals surface area contributed by atoms with Gasteiger partial charge in [0.05, 0.1) is 19.9 Å². The Morgan fingerprint density at radius 3 is 2.22 bits per heavy atom. The summed E-state index contributed by atoms with van der Waals surface area (Å²) in [5.41, 5.74) is 2.91. The summed E-state index contributed by atoms with van der Waals surface area (Å²) >= 11 is 6.05. The maximum Gasteiger partial charge on any atom is 0.255 e. The number of amides is 2. The Labute approximate surface area is 191 Å². The first-order valence-electron chi connectivity index (χ1n) is 10.1. The molecule has 3 aromatic carbocycles. The molecule has 1 fully saturated rings. The van der Waals surface area contributed by atoms with Gasteiger partial charge in [-0.2, -0.15) is 0 Å². The van der Waals surface area contributed by atoms with E-state index in [9.17, 15) is 9.59 Å². The lowest BCUT2D eigenvalue weighted by Crippen LogP contribution is -2.56. The lowest BCUT2D eigenvalue weighted by atomic mass is 9.98. The molecular weight excluding hydrogens is 428 g/mol. The van der Waals surface area contributed by atoms with E-state index in [1.54, 1.807) is 49.6 Å². The molecule has 0 saturated carbocycles. The standard InChI is InChI=1S/C25H23ClN2O4/c1-16-4-6-17(7-5-16)24-25(30)27(21-13-12-20(31-2)14-22(21)32-3)15-23(29)28(24)19-10-8-18(26)9-11-19/h4-14,24H,15H2,1-3H3/t24-/m0/s1. The van der Waals surface area contributed by atoms with Gasteiger partial charge in [-0.05, 0) is 48.9 Å². The zero-order chi connectivity index (χ0) is 22.8. The molecule has 1 aliphatic rings. The van der Waals surface area contributed by atoms with Crippen LogP contribution in [-0.2, 0) is 9.59 Å². The number of anilines is 2. The number of benzene rings is 3. The molecule has 0 radical (unpaired) electrons. The number of hydrogen-bond donors (Lipinski definition) is 0. The van der Waals surface area contributed by atoms with Gasteiger partial charge in [0.15, 0.2) is 0 Å². The summed E-state index contributed by atoms with van der Waals surface area (Å²) in [6, 6.07) is 18.9. The summed E-state index contributed by atoms with van der Waals surface area (Å²) in [7, 11) is 3.08. The second-order valence-electron chi connectivity index (χ2n) is 7.52. The first kappa shape index (κ1) is 21.7. The highest BCUT2D eigenvalue weighted by atomic mass is 35.5. The van der Waals surface area contributed by atoms with Gasteiger partial charge in [-0.15, -0.1) is 0 Å². The van der Waals surface area contributed by atoms with Gasteiger partial charge in [0.25, 0.3) is 5.91 Å². The van der Waals surface area contributed by atoms with Crippen molar-refractivity contribution in [1.29, 1.82) is 0 Å². The minimum atomic E-state index is -0.829. The molecule has 0 aromatic heterocycles. The molecule has 1 heterocycles. The molecule has 0 bridgehead atoms. The van der Waals surface area contributed by atoms with Gasteiger partial charge >= 0.3 is 0 Å². The lowest BCUT2D eigenvalue weighted by Gasteiger charge is -2.40. The van der Waals surface area contributed by atoms with Crippen LogP contribution in [0.2, 0.25) is 5.02 Å². The van der Waals surface area contributed by atoms with E-state index in [0.29, 0.717) is 27.9 Å². The van der Waals surface area contributed by atoms with Crippen LogP contribution >= 0.6 is 11.6 Å². The number of rotatable bonds is 5. The van der Waals surface area contributed by atoms with Gasteiger partial charge in [0.1, 0.15) is 24.1 Å². The van der Waals surface area contributed by atoms with Crippen molar-refractivity contribution in [2.24, 2.45) is 0 Å². The van der Waals surface area contributed by atoms with Crippen molar-refractivity contribution in [2.75, 3.05) is 30.6 Å². The highest BCUT2D eigenvalue weighted by Gasteiger charge is 2.42. The number of methoxy groups -OCH3 is 2. The topological polar surface area (TPSA) is 59.1 Å². The van der Waals surface area contributed by atoms with E-state index in [0.717, 1.165) is 11.1 Å². The quantitative estimate of drug-likeness (QED) is 0.561. The number of aryl methyl sites for hydroxylation is 1. The van der Waals surface area contributed by atoms with E-state index in [2.05, 4.69) is 0 Å². The molecule has 164 valence electrons. The van der Waals surface area contributed by atoms with Gasteiger partial charge in [0, 0.05) is 16.8 Å². The van der Waals surface area contributed by atoms with E-state index in [-0.39, 0.29) is 18.4 Å². The van der Waals surface area contributed by atoms with Crippen molar-refractivity contribution in [3.63, 3.8) is 0 Å². The molecule has 0 N–H and O–H groups in total. The molecule has 4 rings (SSSR count). The van der Waals surface area contributed by atoms with Crippen molar-refractivity contribution in [3.8, 4) is 11.5 Å². The highest BCUT2D eigenvalue weighted by molar-refractivity contribution is 6.30. The number of carbonyl (C=O) groups excluding carboxylic acids is 2. The Kier molecular flexibility index (Phi) is 6.06. The van der Waals surface area contributed by atoms with E-state index in [1.807, 2.05) is 31.2 Å². The molecule has 6 nitrogen and oxygen atoms in total. The Hall–Kier alpha value is -3.51. The fraction of sp³-hybridized carbons (Fsp3) is 0.200. The van der Waals surface area contributed by atoms with Gasteiger partial charge in [-0.25, -0.2) is 0 Å². The van der Waals surface area contributed by atoms with Crippen LogP contribution in [0, 0.1) is 6.92 Å². The second kappa shape index (κ2) is 8.93. The van der Waals surface area contributed by atoms with Crippen LogP contribution in [0.5, 0.6) is 11.5 Å². The Balaban J connectivity index is 1.82. The van der Waals surface area contributed by atoms with Crippen LogP contribution in [-0.4, -0.2) is 32.6 Å². The van der Waals surface area contributed by atoms with Crippen molar-refractivity contribution in [1.82, 2.24) is 0 Å². The predicted molar refractivity (Wildman–Crippen MR) is 125 cm³/mol. The molecule has 3 aromatic rings. The van der Waals surface area contributed by atoms with Crippen LogP contribution in [0.3, 0.4) is 0 Å². The predicted octanol–water partition coefficient (Wildman–Crippen LogP) is 4.79. The molecular formula is C25H23ClN2O4. The molecule has 2 amide bonds. The maximum atomic E-state index is 13.8. The SMILES string of the molecule is COc1ccc(N2CC(=O)N(c3ccc(Cl)cc3)[C@@H](c3ccc(C)cc3)C2=O)c(OC)c1. The molecule has 1 saturated heterocycles. The molecule has 7 heteroatoms. The summed E-state index contributed by atoms with van der Waals surface area (Å²) in [5.74, 6) is 0.606. The lowest BCUT2D eigenvalue weighted by molar-refractivity contribution is -0.128. The van der Waals surface area contributed by atoms with Gasteiger partial charge in [-0.3, -0.25) is 19.4 Å². The van der Waals surface area contributed by atoms with Crippen LogP contribution in [0.15, 0.2) is 66.7 Å². The summed E-state index contributed by atoms with van der Waals surface area (Å²) in [5, 5.41) is 0.556. The van der Waals surface area contributed by atoms with Crippen LogP contribution < -0.4 is 19.3 Å². The minimum Gasteiger partial charge on any atom is -0.497 e. The van der Waals surface area contributed by atoms with Crippen LogP contribution in [0.1, 0.15) is 17.2 Å². The first-order valence-corrected chi connectivity index (χ1v) is 10.5. The summed E-state index contributed by atoms with van der Waals surface area (Å²) in [6.07, 6.45) is 0. The molecule has 0 spiro atoms. The van der Waals surface area contributed by atoms with Crippen molar-refractivity contribution in [3.05, 3.63) is 82.9 Å². The third-order valence-corrected chi connectivity index (χ3v) is 5.75. The van der Waals surface area contributed by atoms with Crippen molar-refractivity contribution >= 4 is 34.8 Å². The average molecular weight is 451 g/mol. The van der Waals surface area contributed by atoms with Crippen LogP contribution in [0.4, 0.5) is 11.4 Å². The normalized spacial score (nSPS) is 16.3. The van der Waals surface area contributed by atoms with E-state index in [4.69, 9.17) is 21.1 Å². The van der Waals surface area contributed by atoms with E-state index < -0.39 is 6.04 Å². The largest absolute Gasteiger partial charge is 0.497 e. The van der Waals surface area contributed by atoms with Crippen molar-refractivity contribution < 1.29 is 19.1 Å². The Bertz CT molecular complexity index is 1150. The zero-order valence-electron chi connectivity index (χ0n) is 18.0. The molecule has 32 heavy (non-hydrogen) atoms. The minimum absolute atomic E-state index is 0.119. The molecule has 0 aliphatic carbocycles.